The number of nitrogens with one attached hydrogen (secondary N) is 1. The Morgan fingerprint density at radius 2 is 1.61 bits per heavy atom. The molecule has 6 heteroatoms. The molecule has 0 unspecified atom stereocenters. The summed E-state index contributed by atoms with van der Waals surface area (Å²) >= 11 is 0. The Hall–Kier alpha value is -4.06. The van der Waals surface area contributed by atoms with Gasteiger partial charge in [0.05, 0.1) is 16.8 Å². The molecule has 1 heterocycles. The summed E-state index contributed by atoms with van der Waals surface area (Å²) in [7, 11) is 0. The first-order valence-electron chi connectivity index (χ1n) is 10.7. The molecule has 0 bridgehead atoms. The van der Waals surface area contributed by atoms with E-state index < -0.39 is 11.8 Å². The minimum atomic E-state index is -0.545. The van der Waals surface area contributed by atoms with Gasteiger partial charge in [-0.05, 0) is 50.6 Å². The number of hydrogen-bond acceptors (Lipinski definition) is 5. The van der Waals surface area contributed by atoms with Gasteiger partial charge in [0.1, 0.15) is 5.75 Å². The van der Waals surface area contributed by atoms with E-state index >= 15 is 0 Å². The average molecular weight is 440 g/mol. The molecular weight excluding hydrogens is 416 g/mol. The number of nitrogens with zero attached hydrogens (tertiary/aromatic N) is 1. The number of hydrogen-bond donors (Lipinski definition) is 1. The first-order chi connectivity index (χ1) is 15.7. The number of aromatic nitrogens is 1. The van der Waals surface area contributed by atoms with Crippen LogP contribution in [0.1, 0.15) is 52.6 Å². The van der Waals surface area contributed by atoms with Crippen LogP contribution in [0.3, 0.4) is 0 Å². The summed E-state index contributed by atoms with van der Waals surface area (Å²) in [6, 6.07) is 16.3. The second-order valence-electron chi connectivity index (χ2n) is 8.03. The summed E-state index contributed by atoms with van der Waals surface area (Å²) < 4.78 is 7.38. The molecule has 1 aromatic heterocycles. The van der Waals surface area contributed by atoms with Crippen LogP contribution >= 0.6 is 0 Å². The maximum absolute atomic E-state index is 13.2. The van der Waals surface area contributed by atoms with Crippen LogP contribution in [0, 0.1) is 12.3 Å². The Bertz CT molecular complexity index is 1480. The van der Waals surface area contributed by atoms with Gasteiger partial charge < -0.3 is 14.7 Å². The highest BCUT2D eigenvalue weighted by molar-refractivity contribution is 6.45. The van der Waals surface area contributed by atoms with E-state index in [0.717, 1.165) is 27.4 Å². The van der Waals surface area contributed by atoms with E-state index in [2.05, 4.69) is 0 Å². The van der Waals surface area contributed by atoms with E-state index in [9.17, 15) is 14.4 Å². The molecule has 166 valence electrons. The van der Waals surface area contributed by atoms with Crippen molar-refractivity contribution < 1.29 is 19.1 Å². The van der Waals surface area contributed by atoms with Crippen molar-refractivity contribution in [3.05, 3.63) is 76.9 Å². The smallest absolute Gasteiger partial charge is 0.308 e. The van der Waals surface area contributed by atoms with Crippen molar-refractivity contribution in [1.82, 2.24) is 4.57 Å². The Morgan fingerprint density at radius 3 is 2.24 bits per heavy atom. The number of benzene rings is 3. The normalized spacial score (nSPS) is 11.0. The van der Waals surface area contributed by atoms with E-state index in [1.165, 1.54) is 13.8 Å². The molecule has 4 rings (SSSR count). The molecule has 0 saturated carbocycles. The zero-order valence-electron chi connectivity index (χ0n) is 19.0. The third-order valence-electron chi connectivity index (χ3n) is 5.77. The highest BCUT2D eigenvalue weighted by atomic mass is 16.5. The maximum Gasteiger partial charge on any atom is 0.308 e. The van der Waals surface area contributed by atoms with Gasteiger partial charge in [0.25, 0.3) is 0 Å². The van der Waals surface area contributed by atoms with E-state index in [-0.39, 0.29) is 22.8 Å². The SMILES string of the molecule is CCn1c2ccc(C(=O)c3ccccc3C)cc2c2cc(C(=O)C(C)=N)c(OC(C)=O)cc21. The molecule has 4 aromatic rings. The number of aryl methyl sites for hydroxylation is 2. The molecule has 0 saturated heterocycles. The van der Waals surface area contributed by atoms with Gasteiger partial charge in [-0.15, -0.1) is 0 Å². The lowest BCUT2D eigenvalue weighted by Crippen LogP contribution is -2.13. The molecule has 33 heavy (non-hydrogen) atoms. The summed E-state index contributed by atoms with van der Waals surface area (Å²) in [5.74, 6) is -1.01. The van der Waals surface area contributed by atoms with Gasteiger partial charge in [0, 0.05) is 47.0 Å². The number of esters is 1. The van der Waals surface area contributed by atoms with Crippen molar-refractivity contribution in [2.24, 2.45) is 0 Å². The highest BCUT2D eigenvalue weighted by Gasteiger charge is 2.22. The highest BCUT2D eigenvalue weighted by Crippen LogP contribution is 2.35. The van der Waals surface area contributed by atoms with Crippen LogP contribution in [0.4, 0.5) is 0 Å². The van der Waals surface area contributed by atoms with Gasteiger partial charge in [-0.1, -0.05) is 24.3 Å². The van der Waals surface area contributed by atoms with Crippen LogP contribution in [-0.4, -0.2) is 27.8 Å². The van der Waals surface area contributed by atoms with Crippen LogP contribution in [0.5, 0.6) is 5.75 Å². The summed E-state index contributed by atoms with van der Waals surface area (Å²) in [6.07, 6.45) is 0. The molecule has 0 aliphatic rings. The minimum Gasteiger partial charge on any atom is -0.426 e. The molecule has 0 spiro atoms. The Kier molecular flexibility index (Phi) is 5.68. The quantitative estimate of drug-likeness (QED) is 0.185. The van der Waals surface area contributed by atoms with Gasteiger partial charge in [-0.3, -0.25) is 14.4 Å². The fourth-order valence-electron chi connectivity index (χ4n) is 4.21. The lowest BCUT2D eigenvalue weighted by atomic mass is 9.97. The summed E-state index contributed by atoms with van der Waals surface area (Å²) in [5, 5.41) is 9.37. The Balaban J connectivity index is 2.00. The lowest BCUT2D eigenvalue weighted by Gasteiger charge is -2.10. The number of Topliss-reactive ketones (excluding diaryl/α,β-unsaturated/α-hetero) is 1. The zero-order chi connectivity index (χ0) is 23.9. The predicted octanol–water partition coefficient (Wildman–Crippen LogP) is 5.50. The van der Waals surface area contributed by atoms with Crippen LogP contribution in [0.2, 0.25) is 0 Å². The van der Waals surface area contributed by atoms with E-state index in [1.807, 2.05) is 60.9 Å². The van der Waals surface area contributed by atoms with Gasteiger partial charge in [-0.2, -0.15) is 0 Å². The van der Waals surface area contributed by atoms with Crippen LogP contribution in [0.25, 0.3) is 21.8 Å². The van der Waals surface area contributed by atoms with Crippen molar-refractivity contribution in [3.8, 4) is 5.75 Å². The fraction of sp³-hybridized carbons (Fsp3) is 0.185. The minimum absolute atomic E-state index is 0.0735. The Labute approximate surface area is 191 Å². The number of fused-ring (bicyclic) bond motifs is 3. The molecular formula is C27H24N2O4. The fourth-order valence-corrected chi connectivity index (χ4v) is 4.21. The van der Waals surface area contributed by atoms with Gasteiger partial charge >= 0.3 is 5.97 Å². The summed E-state index contributed by atoms with van der Waals surface area (Å²) in [6.45, 7) is 7.22. The number of carbonyl (C=O) groups is 3. The molecule has 1 N–H and O–H groups in total. The molecule has 3 aromatic carbocycles. The first-order valence-corrected chi connectivity index (χ1v) is 10.7. The topological polar surface area (TPSA) is 89.2 Å². The molecule has 0 atom stereocenters. The van der Waals surface area contributed by atoms with Crippen molar-refractivity contribution >= 4 is 45.1 Å². The van der Waals surface area contributed by atoms with Crippen molar-refractivity contribution in [1.29, 1.82) is 5.41 Å². The second kappa shape index (κ2) is 8.47. The third-order valence-corrected chi connectivity index (χ3v) is 5.77. The average Bonchev–Trinajstić information content (AvgIpc) is 3.09. The molecule has 0 radical (unpaired) electrons. The standard InChI is InChI=1S/C27H24N2O4/c1-5-29-23-11-10-18(27(32)19-9-7-6-8-15(19)2)12-20(23)21-13-22(26(31)16(3)28)25(14-24(21)29)33-17(4)30/h6-14,28H,5H2,1-4H3. The van der Waals surface area contributed by atoms with Gasteiger partial charge in [0.2, 0.25) is 5.78 Å². The van der Waals surface area contributed by atoms with E-state index in [0.29, 0.717) is 17.7 Å². The van der Waals surface area contributed by atoms with Crippen molar-refractivity contribution in [2.45, 2.75) is 34.2 Å². The second-order valence-corrected chi connectivity index (χ2v) is 8.03. The van der Waals surface area contributed by atoms with E-state index in [1.54, 1.807) is 12.1 Å². The molecule has 0 fully saturated rings. The molecule has 0 aliphatic heterocycles. The van der Waals surface area contributed by atoms with Crippen LogP contribution < -0.4 is 4.74 Å². The van der Waals surface area contributed by atoms with E-state index in [4.69, 9.17) is 10.1 Å². The number of carbonyl (C=O) groups excluding carboxylic acids is 3. The number of ketones is 2. The lowest BCUT2D eigenvalue weighted by molar-refractivity contribution is -0.131. The monoisotopic (exact) mass is 440 g/mol. The largest absolute Gasteiger partial charge is 0.426 e. The predicted molar refractivity (Wildman–Crippen MR) is 129 cm³/mol. The Morgan fingerprint density at radius 1 is 0.909 bits per heavy atom. The van der Waals surface area contributed by atoms with Crippen molar-refractivity contribution in [3.63, 3.8) is 0 Å². The maximum atomic E-state index is 13.2. The van der Waals surface area contributed by atoms with Gasteiger partial charge in [0.15, 0.2) is 5.78 Å². The number of ether oxygens (including phenoxy) is 1. The summed E-state index contributed by atoms with van der Waals surface area (Å²) in [5.41, 5.74) is 3.77. The summed E-state index contributed by atoms with van der Waals surface area (Å²) in [4.78, 5) is 37.6. The first kappa shape index (κ1) is 22.1. The molecule has 0 amide bonds. The molecule has 6 nitrogen and oxygen atoms in total. The van der Waals surface area contributed by atoms with Gasteiger partial charge in [-0.25, -0.2) is 0 Å². The van der Waals surface area contributed by atoms with Crippen LogP contribution in [0.15, 0.2) is 54.6 Å². The molecule has 0 aliphatic carbocycles. The third kappa shape index (κ3) is 3.84. The van der Waals surface area contributed by atoms with Crippen molar-refractivity contribution in [2.75, 3.05) is 0 Å². The van der Waals surface area contributed by atoms with Crippen LogP contribution in [-0.2, 0) is 11.3 Å². The zero-order valence-corrected chi connectivity index (χ0v) is 19.0. The number of rotatable bonds is 6.